The van der Waals surface area contributed by atoms with E-state index in [9.17, 15) is 0 Å². The lowest BCUT2D eigenvalue weighted by Gasteiger charge is -2.40. The van der Waals surface area contributed by atoms with Crippen LogP contribution in [0.2, 0.25) is 0 Å². The molecule has 1 aromatic carbocycles. The lowest BCUT2D eigenvalue weighted by atomic mass is 10.0. The van der Waals surface area contributed by atoms with Crippen molar-refractivity contribution in [3.05, 3.63) is 35.4 Å². The Morgan fingerprint density at radius 1 is 1.33 bits per heavy atom. The molecule has 1 fully saturated rings. The van der Waals surface area contributed by atoms with Crippen LogP contribution in [0.1, 0.15) is 31.0 Å². The van der Waals surface area contributed by atoms with Gasteiger partial charge in [0.05, 0.1) is 12.2 Å². The van der Waals surface area contributed by atoms with Crippen molar-refractivity contribution in [1.29, 1.82) is 0 Å². The van der Waals surface area contributed by atoms with Gasteiger partial charge in [-0.25, -0.2) is 0 Å². The fraction of sp³-hybridized carbons (Fsp3) is 0.600. The van der Waals surface area contributed by atoms with E-state index in [2.05, 4.69) is 49.9 Å². The van der Waals surface area contributed by atoms with E-state index in [0.717, 1.165) is 13.1 Å². The van der Waals surface area contributed by atoms with Gasteiger partial charge < -0.3 is 10.5 Å². The topological polar surface area (TPSA) is 38.5 Å². The molecule has 1 aliphatic heterocycles. The Hall–Kier alpha value is -0.900. The van der Waals surface area contributed by atoms with E-state index in [1.165, 1.54) is 11.1 Å². The number of nitrogens with two attached hydrogens (primary N) is 1. The summed E-state index contributed by atoms with van der Waals surface area (Å²) in [5.74, 6) is 0. The van der Waals surface area contributed by atoms with E-state index in [1.54, 1.807) is 0 Å². The van der Waals surface area contributed by atoms with Crippen LogP contribution in [0.25, 0.3) is 0 Å². The molecule has 0 amide bonds. The van der Waals surface area contributed by atoms with Gasteiger partial charge in [0.1, 0.15) is 0 Å². The number of rotatable bonds is 3. The van der Waals surface area contributed by atoms with Crippen molar-refractivity contribution in [3.8, 4) is 0 Å². The van der Waals surface area contributed by atoms with Crippen LogP contribution in [0.15, 0.2) is 24.3 Å². The minimum atomic E-state index is 0.285. The van der Waals surface area contributed by atoms with Gasteiger partial charge in [-0.05, 0) is 26.3 Å². The summed E-state index contributed by atoms with van der Waals surface area (Å²) >= 11 is 0. The zero-order chi connectivity index (χ0) is 13.1. The summed E-state index contributed by atoms with van der Waals surface area (Å²) in [4.78, 5) is 2.45. The number of hydrogen-bond acceptors (Lipinski definition) is 3. The maximum absolute atomic E-state index is 5.99. The number of aryl methyl sites for hydroxylation is 1. The molecule has 0 aromatic heterocycles. The Morgan fingerprint density at radius 3 is 2.56 bits per heavy atom. The lowest BCUT2D eigenvalue weighted by Crippen LogP contribution is -2.48. The van der Waals surface area contributed by atoms with Crippen molar-refractivity contribution in [2.24, 2.45) is 5.73 Å². The minimum absolute atomic E-state index is 0.285. The molecule has 3 heteroatoms. The summed E-state index contributed by atoms with van der Waals surface area (Å²) < 4.78 is 5.79. The van der Waals surface area contributed by atoms with Crippen LogP contribution >= 0.6 is 0 Å². The van der Waals surface area contributed by atoms with Gasteiger partial charge in [-0.15, -0.1) is 0 Å². The third kappa shape index (κ3) is 3.10. The summed E-state index contributed by atoms with van der Waals surface area (Å²) in [5, 5.41) is 0. The third-order valence-electron chi connectivity index (χ3n) is 3.54. The summed E-state index contributed by atoms with van der Waals surface area (Å²) in [6.07, 6.45) is 0.570. The molecule has 0 spiro atoms. The molecular weight excluding hydrogens is 224 g/mol. The van der Waals surface area contributed by atoms with Crippen LogP contribution in [0.5, 0.6) is 0 Å². The Bertz CT molecular complexity index is 384. The fourth-order valence-electron chi connectivity index (χ4n) is 2.85. The van der Waals surface area contributed by atoms with Gasteiger partial charge in [-0.3, -0.25) is 4.90 Å². The van der Waals surface area contributed by atoms with Crippen LogP contribution in [-0.4, -0.2) is 36.7 Å². The molecule has 1 saturated heterocycles. The number of hydrogen-bond donors (Lipinski definition) is 1. The molecule has 3 atom stereocenters. The molecule has 1 heterocycles. The van der Waals surface area contributed by atoms with Gasteiger partial charge in [-0.1, -0.05) is 29.8 Å². The second-order valence-corrected chi connectivity index (χ2v) is 5.38. The van der Waals surface area contributed by atoms with Gasteiger partial charge >= 0.3 is 0 Å². The highest BCUT2D eigenvalue weighted by molar-refractivity contribution is 5.25. The molecule has 0 saturated carbocycles. The zero-order valence-corrected chi connectivity index (χ0v) is 11.6. The number of nitrogens with zero attached hydrogens (tertiary/aromatic N) is 1. The normalized spacial score (nSPS) is 27.1. The van der Waals surface area contributed by atoms with Crippen LogP contribution < -0.4 is 5.73 Å². The molecular formula is C15H24N2O. The fourth-order valence-corrected chi connectivity index (χ4v) is 2.85. The highest BCUT2D eigenvalue weighted by atomic mass is 16.5. The molecule has 3 nitrogen and oxygen atoms in total. The average Bonchev–Trinajstić information content (AvgIpc) is 2.28. The van der Waals surface area contributed by atoms with E-state index in [1.807, 2.05) is 0 Å². The molecule has 18 heavy (non-hydrogen) atoms. The summed E-state index contributed by atoms with van der Waals surface area (Å²) in [6, 6.07) is 8.96. The predicted molar refractivity (Wildman–Crippen MR) is 74.6 cm³/mol. The molecule has 100 valence electrons. The molecule has 0 bridgehead atoms. The van der Waals surface area contributed by atoms with E-state index in [0.29, 0.717) is 12.6 Å². The Morgan fingerprint density at radius 2 is 2.00 bits per heavy atom. The van der Waals surface area contributed by atoms with Crippen LogP contribution in [0.4, 0.5) is 0 Å². The van der Waals surface area contributed by atoms with E-state index in [4.69, 9.17) is 10.5 Å². The van der Waals surface area contributed by atoms with Crippen LogP contribution in [-0.2, 0) is 4.74 Å². The molecule has 0 radical (unpaired) electrons. The van der Waals surface area contributed by atoms with Crippen molar-refractivity contribution in [3.63, 3.8) is 0 Å². The summed E-state index contributed by atoms with van der Waals surface area (Å²) in [5.41, 5.74) is 8.60. The van der Waals surface area contributed by atoms with Gasteiger partial charge in [0.15, 0.2) is 0 Å². The van der Waals surface area contributed by atoms with Gasteiger partial charge in [-0.2, -0.15) is 0 Å². The Labute approximate surface area is 110 Å². The van der Waals surface area contributed by atoms with Crippen molar-refractivity contribution < 1.29 is 4.74 Å². The van der Waals surface area contributed by atoms with Crippen molar-refractivity contribution in [1.82, 2.24) is 4.90 Å². The first-order valence-corrected chi connectivity index (χ1v) is 6.76. The van der Waals surface area contributed by atoms with Gasteiger partial charge in [0, 0.05) is 25.7 Å². The van der Waals surface area contributed by atoms with Gasteiger partial charge in [0.25, 0.3) is 0 Å². The molecule has 2 rings (SSSR count). The van der Waals surface area contributed by atoms with Crippen LogP contribution in [0.3, 0.4) is 0 Å². The maximum Gasteiger partial charge on any atom is 0.0678 e. The first kappa shape index (κ1) is 13.5. The molecule has 1 aromatic rings. The predicted octanol–water partition coefficient (Wildman–Crippen LogP) is 2.10. The Kier molecular flexibility index (Phi) is 4.38. The largest absolute Gasteiger partial charge is 0.373 e. The minimum Gasteiger partial charge on any atom is -0.373 e. The highest BCUT2D eigenvalue weighted by Crippen LogP contribution is 2.24. The third-order valence-corrected chi connectivity index (χ3v) is 3.54. The standard InChI is InChI=1S/C15H24N2O/c1-11-5-4-6-14(7-11)15(8-16)17-9-12(2)18-13(3)10-17/h4-7,12-13,15H,8-10,16H2,1-3H3/t12-,13+,15-/m0/s1. The van der Waals surface area contributed by atoms with E-state index in [-0.39, 0.29) is 12.2 Å². The Balaban J connectivity index is 2.17. The van der Waals surface area contributed by atoms with Crippen LogP contribution in [0, 0.1) is 6.92 Å². The SMILES string of the molecule is Cc1cccc([C@H](CN)N2C[C@@H](C)O[C@@H](C)C2)c1. The first-order valence-electron chi connectivity index (χ1n) is 6.76. The van der Waals surface area contributed by atoms with E-state index >= 15 is 0 Å². The molecule has 0 unspecified atom stereocenters. The van der Waals surface area contributed by atoms with Crippen molar-refractivity contribution in [2.45, 2.75) is 39.0 Å². The maximum atomic E-state index is 5.99. The lowest BCUT2D eigenvalue weighted by molar-refractivity contribution is -0.0799. The second-order valence-electron chi connectivity index (χ2n) is 5.38. The van der Waals surface area contributed by atoms with Gasteiger partial charge in [0.2, 0.25) is 0 Å². The number of ether oxygens (including phenoxy) is 1. The average molecular weight is 248 g/mol. The monoisotopic (exact) mass is 248 g/mol. The molecule has 0 aliphatic carbocycles. The molecule has 1 aliphatic rings. The quantitative estimate of drug-likeness (QED) is 0.890. The molecule has 2 N–H and O–H groups in total. The summed E-state index contributed by atoms with van der Waals surface area (Å²) in [6.45, 7) is 8.96. The van der Waals surface area contributed by atoms with Crippen molar-refractivity contribution >= 4 is 0 Å². The smallest absolute Gasteiger partial charge is 0.0678 e. The highest BCUT2D eigenvalue weighted by Gasteiger charge is 2.28. The number of benzene rings is 1. The van der Waals surface area contributed by atoms with Crippen molar-refractivity contribution in [2.75, 3.05) is 19.6 Å². The van der Waals surface area contributed by atoms with E-state index < -0.39 is 0 Å². The first-order chi connectivity index (χ1) is 8.60. The second kappa shape index (κ2) is 5.83. The summed E-state index contributed by atoms with van der Waals surface area (Å²) in [7, 11) is 0. The zero-order valence-electron chi connectivity index (χ0n) is 11.6. The number of morpholine rings is 1.